The van der Waals surface area contributed by atoms with Gasteiger partial charge in [-0.1, -0.05) is 73.9 Å². The molecule has 1 unspecified atom stereocenters. The van der Waals surface area contributed by atoms with E-state index in [1.165, 1.54) is 43.0 Å². The molecule has 2 rings (SSSR count). The summed E-state index contributed by atoms with van der Waals surface area (Å²) in [6, 6.07) is -1.99. The van der Waals surface area contributed by atoms with E-state index >= 15 is 0 Å². The molecule has 1 aliphatic rings. The van der Waals surface area contributed by atoms with E-state index in [0.29, 0.717) is 18.4 Å². The Balaban J connectivity index is 2.58. The fraction of sp³-hybridized carbons (Fsp3) is 0.674. The molecule has 1 aliphatic heterocycles. The van der Waals surface area contributed by atoms with Crippen molar-refractivity contribution in [2.75, 3.05) is 14.1 Å². The van der Waals surface area contributed by atoms with Crippen LogP contribution in [0.15, 0.2) is 24.3 Å². The highest BCUT2D eigenvalue weighted by molar-refractivity contribution is 5.96. The van der Waals surface area contributed by atoms with Crippen LogP contribution in [0.2, 0.25) is 0 Å². The Morgan fingerprint density at radius 2 is 1.42 bits per heavy atom. The predicted octanol–water partition coefficient (Wildman–Crippen LogP) is 0.748. The highest BCUT2D eigenvalue weighted by atomic mass is 16.5. The second-order valence-electron chi connectivity index (χ2n) is 18.2. The quantitative estimate of drug-likeness (QED) is 0.0631. The van der Waals surface area contributed by atoms with Gasteiger partial charge >= 0.3 is 5.97 Å². The van der Waals surface area contributed by atoms with Crippen LogP contribution in [0.3, 0.4) is 0 Å². The normalized spacial score (nSPS) is 17.6. The van der Waals surface area contributed by atoms with Crippen LogP contribution >= 0.6 is 0 Å². The summed E-state index contributed by atoms with van der Waals surface area (Å²) in [5.41, 5.74) is 5.88. The summed E-state index contributed by atoms with van der Waals surface area (Å²) in [6.07, 6.45) is -1.81. The average Bonchev–Trinajstić information content (AvgIpc) is 3.24. The number of benzene rings is 1. The number of likely N-dealkylation sites (tertiary alicyclic amines) is 1. The molecular weight excluding hydrogens is 857 g/mol. The predicted molar refractivity (Wildman–Crippen MR) is 243 cm³/mol. The molecule has 0 aliphatic carbocycles. The van der Waals surface area contributed by atoms with Crippen molar-refractivity contribution in [3.05, 3.63) is 29.8 Å². The van der Waals surface area contributed by atoms with Gasteiger partial charge in [-0.15, -0.1) is 0 Å². The number of likely N-dealkylation sites (N-methyl/N-ethyl adjacent to an activating group) is 2. The highest BCUT2D eigenvalue weighted by Crippen LogP contribution is 2.27. The number of aliphatic hydroxyl groups excluding tert-OH is 1. The lowest BCUT2D eigenvalue weighted by atomic mass is 9.92. The third-order valence-corrected chi connectivity index (χ3v) is 11.7. The van der Waals surface area contributed by atoms with Crippen molar-refractivity contribution in [3.8, 4) is 5.75 Å². The first-order valence-electron chi connectivity index (χ1n) is 22.8. The number of primary amides is 1. The molecule has 0 aromatic heterocycles. The molecule has 0 saturated carbocycles. The van der Waals surface area contributed by atoms with Gasteiger partial charge < -0.3 is 57.1 Å². The molecule has 1 fully saturated rings. The molecule has 20 heteroatoms. The number of carbonyl (C=O) groups is 9. The second kappa shape index (κ2) is 26.4. The van der Waals surface area contributed by atoms with Crippen LogP contribution in [-0.4, -0.2) is 136 Å². The minimum atomic E-state index is -1.69. The number of esters is 1. The van der Waals surface area contributed by atoms with Gasteiger partial charge in [-0.25, -0.2) is 4.79 Å². The zero-order valence-electron chi connectivity index (χ0n) is 40.3. The fourth-order valence-corrected chi connectivity index (χ4v) is 7.45. The number of hydrogen-bond acceptors (Lipinski definition) is 12. The lowest BCUT2D eigenvalue weighted by molar-refractivity contribution is -0.165. The van der Waals surface area contributed by atoms with E-state index < -0.39 is 120 Å². The van der Waals surface area contributed by atoms with Crippen molar-refractivity contribution < 1.29 is 58.1 Å². The lowest BCUT2D eigenvalue weighted by Gasteiger charge is -2.42. The molecule has 0 bridgehead atoms. The van der Waals surface area contributed by atoms with E-state index in [1.807, 2.05) is 20.8 Å². The molecule has 370 valence electrons. The van der Waals surface area contributed by atoms with Crippen LogP contribution in [0, 0.1) is 23.7 Å². The Kier molecular flexibility index (Phi) is 22.5. The van der Waals surface area contributed by atoms with Gasteiger partial charge in [-0.2, -0.15) is 0 Å². The Labute approximate surface area is 388 Å². The molecule has 20 nitrogen and oxygen atoms in total. The van der Waals surface area contributed by atoms with Crippen LogP contribution in [0.25, 0.3) is 0 Å². The zero-order valence-corrected chi connectivity index (χ0v) is 40.3. The van der Waals surface area contributed by atoms with Gasteiger partial charge in [0.1, 0.15) is 54.3 Å². The number of nitrogens with two attached hydrogens (primary N) is 1. The van der Waals surface area contributed by atoms with Crippen LogP contribution in [0.4, 0.5) is 0 Å². The molecule has 0 spiro atoms. The Hall–Kier alpha value is -5.79. The fourth-order valence-electron chi connectivity index (χ4n) is 7.45. The van der Waals surface area contributed by atoms with E-state index in [4.69, 9.17) is 10.5 Å². The molecule has 1 aromatic carbocycles. The van der Waals surface area contributed by atoms with Crippen molar-refractivity contribution in [1.29, 1.82) is 0 Å². The zero-order chi connectivity index (χ0) is 50.2. The van der Waals surface area contributed by atoms with Gasteiger partial charge in [0.15, 0.2) is 0 Å². The van der Waals surface area contributed by atoms with Crippen molar-refractivity contribution in [2.24, 2.45) is 29.4 Å². The molecule has 1 heterocycles. The maximum absolute atomic E-state index is 14.5. The van der Waals surface area contributed by atoms with Gasteiger partial charge in [-0.3, -0.25) is 38.4 Å². The number of amides is 8. The number of aromatic hydroxyl groups is 1. The van der Waals surface area contributed by atoms with E-state index in [0.717, 1.165) is 0 Å². The summed E-state index contributed by atoms with van der Waals surface area (Å²) < 4.78 is 5.84. The number of ether oxygens (including phenoxy) is 1. The summed E-state index contributed by atoms with van der Waals surface area (Å²) in [7, 11) is 2.78. The lowest BCUT2D eigenvalue weighted by Crippen LogP contribution is -2.62. The molecule has 9 atom stereocenters. The average molecular weight is 931 g/mol. The number of phenols is 1. The summed E-state index contributed by atoms with van der Waals surface area (Å²) in [5, 5.41) is 33.8. The number of nitrogens with one attached hydrogen (secondary N) is 5. The Bertz CT molecular complexity index is 1860. The maximum atomic E-state index is 14.5. The summed E-state index contributed by atoms with van der Waals surface area (Å²) in [6.45, 7) is 15.0. The molecule has 8 amide bonds. The molecule has 0 radical (unpaired) electrons. The van der Waals surface area contributed by atoms with Crippen LogP contribution in [0.1, 0.15) is 113 Å². The van der Waals surface area contributed by atoms with E-state index in [9.17, 15) is 53.4 Å². The van der Waals surface area contributed by atoms with Crippen molar-refractivity contribution in [1.82, 2.24) is 36.4 Å². The number of phenolic OH excluding ortho intramolecular Hbond substituents is 1. The van der Waals surface area contributed by atoms with Crippen LogP contribution in [0.5, 0.6) is 5.75 Å². The molecule has 9 N–H and O–H groups in total. The largest absolute Gasteiger partial charge is 0.508 e. The van der Waals surface area contributed by atoms with E-state index in [1.54, 1.807) is 46.8 Å². The number of hydrogen-bond donors (Lipinski definition) is 8. The van der Waals surface area contributed by atoms with Crippen molar-refractivity contribution in [2.45, 2.75) is 162 Å². The van der Waals surface area contributed by atoms with Gasteiger partial charge in [0.2, 0.25) is 47.3 Å². The summed E-state index contributed by atoms with van der Waals surface area (Å²) in [4.78, 5) is 124. The standard InChI is InChI=1S/C46H74N8O12/c1-12-27(8)39(54-35(57)14-13-15-36(54)58)45(64)53(11)33(23-29-16-18-30(55)19-17-29)43(62)51-37(25(4)5)46(65)66-28(9)38(44(63)50-32(22-24(2)3)41(60)48-10)52-42(61)31(20-21-34(47)56)49-40(59)26(6)7/h16-19,24-28,31-33,35,37-39,55,57H,12-15,20-23H2,1-11H3,(H2,47,56)(H,48,60)(H,49,59)(H,50,63)(H,51,62)(H,52,61)/t27?,28-,31+,32+,33+,35+,37+,38-,39+/m1/s1. The smallest absolute Gasteiger partial charge is 0.329 e. The number of aliphatic hydroxyl groups is 1. The number of piperidine rings is 1. The monoisotopic (exact) mass is 931 g/mol. The van der Waals surface area contributed by atoms with E-state index in [-0.39, 0.29) is 50.2 Å². The van der Waals surface area contributed by atoms with Crippen LogP contribution < -0.4 is 32.3 Å². The number of carbonyl (C=O) groups excluding carboxylic acids is 9. The van der Waals surface area contributed by atoms with Gasteiger partial charge in [0, 0.05) is 39.3 Å². The van der Waals surface area contributed by atoms with Gasteiger partial charge in [0.05, 0.1) is 0 Å². The molecule has 66 heavy (non-hydrogen) atoms. The molecule has 1 aromatic rings. The van der Waals surface area contributed by atoms with Crippen molar-refractivity contribution in [3.63, 3.8) is 0 Å². The topological polar surface area (TPSA) is 296 Å². The van der Waals surface area contributed by atoms with E-state index in [2.05, 4.69) is 26.6 Å². The highest BCUT2D eigenvalue weighted by Gasteiger charge is 2.44. The molecule has 1 saturated heterocycles. The number of nitrogens with zero attached hydrogens (tertiary/aromatic N) is 2. The molecular formula is C46H74N8O12. The third kappa shape index (κ3) is 16.6. The minimum absolute atomic E-state index is 0.0379. The first-order valence-corrected chi connectivity index (χ1v) is 22.8. The van der Waals surface area contributed by atoms with Gasteiger partial charge in [-0.05, 0) is 68.1 Å². The summed E-state index contributed by atoms with van der Waals surface area (Å²) >= 11 is 0. The second-order valence-corrected chi connectivity index (χ2v) is 18.2. The maximum Gasteiger partial charge on any atom is 0.329 e. The van der Waals surface area contributed by atoms with Crippen molar-refractivity contribution >= 4 is 53.2 Å². The SMILES string of the molecule is CCC(C)[C@@H](C(=O)N(C)[C@@H](Cc1ccc(O)cc1)C(=O)N[C@H](C(=O)O[C@H](C)[C@@H](NC(=O)[C@H](CCC(N)=O)NC(=O)C(C)C)C(=O)N[C@@H](CC(C)C)C(=O)NC)C(C)C)N1C(=O)CCC[C@@H]1O. The Morgan fingerprint density at radius 1 is 0.833 bits per heavy atom. The first-order chi connectivity index (χ1) is 30.8. The minimum Gasteiger partial charge on any atom is -0.508 e. The Morgan fingerprint density at radius 3 is 1.94 bits per heavy atom. The van der Waals surface area contributed by atoms with Crippen LogP contribution in [-0.2, 0) is 54.3 Å². The third-order valence-electron chi connectivity index (χ3n) is 11.7. The summed E-state index contributed by atoms with van der Waals surface area (Å²) in [5.74, 6) is -8.25. The van der Waals surface area contributed by atoms with Gasteiger partial charge in [0.25, 0.3) is 0 Å². The number of rotatable bonds is 25. The first kappa shape index (κ1) is 56.3.